The second-order valence-electron chi connectivity index (χ2n) is 6.82. The maximum Gasteiger partial charge on any atom is 0.306 e. The third kappa shape index (κ3) is 4.44. The van der Waals surface area contributed by atoms with Gasteiger partial charge in [0, 0.05) is 18.4 Å². The molecular formula is C20H28O4. The summed E-state index contributed by atoms with van der Waals surface area (Å²) in [6.45, 7) is 10.1. The van der Waals surface area contributed by atoms with Gasteiger partial charge in [0.25, 0.3) is 0 Å². The van der Waals surface area contributed by atoms with Crippen LogP contribution in [0.4, 0.5) is 0 Å². The molecule has 0 bridgehead atoms. The average Bonchev–Trinajstić information content (AvgIpc) is 2.89. The maximum atomic E-state index is 12.3. The second-order valence-corrected chi connectivity index (χ2v) is 6.82. The SMILES string of the molecule is CCC1OC(C)CC1OC(=O)CCC(=O)c1cc(C)c(C)c(C)c1. The number of aryl methyl sites for hydroxylation is 2. The normalized spacial score (nSPS) is 23.3. The van der Waals surface area contributed by atoms with Gasteiger partial charge in [-0.2, -0.15) is 0 Å². The molecule has 4 heteroatoms. The molecule has 1 aliphatic heterocycles. The summed E-state index contributed by atoms with van der Waals surface area (Å²) >= 11 is 0. The summed E-state index contributed by atoms with van der Waals surface area (Å²) in [5, 5.41) is 0. The zero-order chi connectivity index (χ0) is 17.9. The Bertz CT molecular complexity index is 597. The molecular weight excluding hydrogens is 304 g/mol. The van der Waals surface area contributed by atoms with Crippen LogP contribution in [0.25, 0.3) is 0 Å². The molecule has 1 saturated heterocycles. The van der Waals surface area contributed by atoms with E-state index in [1.807, 2.05) is 46.8 Å². The number of ether oxygens (including phenoxy) is 2. The summed E-state index contributed by atoms with van der Waals surface area (Å²) < 4.78 is 11.2. The van der Waals surface area contributed by atoms with Gasteiger partial charge in [-0.05, 0) is 62.9 Å². The first-order chi connectivity index (χ1) is 11.3. The lowest BCUT2D eigenvalue weighted by Crippen LogP contribution is -2.26. The van der Waals surface area contributed by atoms with E-state index in [4.69, 9.17) is 9.47 Å². The molecule has 0 aliphatic carbocycles. The van der Waals surface area contributed by atoms with Crippen LogP contribution in [0.5, 0.6) is 0 Å². The molecule has 0 spiro atoms. The number of Topliss-reactive ketones (excluding diaryl/α,β-unsaturated/α-hetero) is 1. The quantitative estimate of drug-likeness (QED) is 0.582. The molecule has 0 radical (unpaired) electrons. The van der Waals surface area contributed by atoms with Gasteiger partial charge in [-0.15, -0.1) is 0 Å². The fourth-order valence-corrected chi connectivity index (χ4v) is 3.19. The van der Waals surface area contributed by atoms with E-state index in [2.05, 4.69) is 0 Å². The lowest BCUT2D eigenvalue weighted by molar-refractivity contribution is -0.151. The highest BCUT2D eigenvalue weighted by Gasteiger charge is 2.34. The standard InChI is InChI=1S/C20H28O4/c1-6-18-19(11-14(4)23-18)24-20(22)8-7-17(21)16-9-12(2)15(5)13(3)10-16/h9-10,14,18-19H,6-8,11H2,1-5H3. The molecule has 0 amide bonds. The highest BCUT2D eigenvalue weighted by Crippen LogP contribution is 2.25. The van der Waals surface area contributed by atoms with Gasteiger partial charge in [0.15, 0.2) is 5.78 Å². The van der Waals surface area contributed by atoms with Crippen LogP contribution in [0.2, 0.25) is 0 Å². The Hall–Kier alpha value is -1.68. The van der Waals surface area contributed by atoms with Crippen LogP contribution < -0.4 is 0 Å². The summed E-state index contributed by atoms with van der Waals surface area (Å²) in [7, 11) is 0. The Labute approximate surface area is 144 Å². The Morgan fingerprint density at radius 1 is 1.17 bits per heavy atom. The van der Waals surface area contributed by atoms with Crippen molar-refractivity contribution in [3.63, 3.8) is 0 Å². The number of carbonyl (C=O) groups excluding carboxylic acids is 2. The lowest BCUT2D eigenvalue weighted by Gasteiger charge is -2.17. The molecule has 4 nitrogen and oxygen atoms in total. The van der Waals surface area contributed by atoms with Crippen LogP contribution in [0.1, 0.15) is 66.6 Å². The van der Waals surface area contributed by atoms with Gasteiger partial charge in [0.1, 0.15) is 6.10 Å². The van der Waals surface area contributed by atoms with E-state index < -0.39 is 0 Å². The van der Waals surface area contributed by atoms with Crippen LogP contribution in [-0.2, 0) is 14.3 Å². The number of ketones is 1. The van der Waals surface area contributed by atoms with Crippen molar-refractivity contribution >= 4 is 11.8 Å². The average molecular weight is 332 g/mol. The number of hydrogen-bond acceptors (Lipinski definition) is 4. The van der Waals surface area contributed by atoms with Gasteiger partial charge in [0.05, 0.1) is 18.6 Å². The van der Waals surface area contributed by atoms with E-state index in [1.165, 1.54) is 5.56 Å². The molecule has 132 valence electrons. The lowest BCUT2D eigenvalue weighted by atomic mass is 9.97. The first-order valence-electron chi connectivity index (χ1n) is 8.77. The number of esters is 1. The van der Waals surface area contributed by atoms with E-state index in [-0.39, 0.29) is 42.9 Å². The molecule has 1 aliphatic rings. The molecule has 1 aromatic carbocycles. The van der Waals surface area contributed by atoms with Crippen LogP contribution in [0.15, 0.2) is 12.1 Å². The Morgan fingerprint density at radius 2 is 1.79 bits per heavy atom. The maximum absolute atomic E-state index is 12.3. The Kier molecular flexibility index (Phi) is 6.16. The Morgan fingerprint density at radius 3 is 2.38 bits per heavy atom. The molecule has 1 fully saturated rings. The van der Waals surface area contributed by atoms with Crippen LogP contribution >= 0.6 is 0 Å². The van der Waals surface area contributed by atoms with Gasteiger partial charge in [-0.25, -0.2) is 0 Å². The van der Waals surface area contributed by atoms with Crippen molar-refractivity contribution in [3.05, 3.63) is 34.4 Å². The number of hydrogen-bond donors (Lipinski definition) is 0. The molecule has 2 rings (SSSR count). The highest BCUT2D eigenvalue weighted by molar-refractivity contribution is 5.98. The third-order valence-corrected chi connectivity index (χ3v) is 4.88. The first-order valence-corrected chi connectivity index (χ1v) is 8.77. The summed E-state index contributed by atoms with van der Waals surface area (Å²) in [5.41, 5.74) is 4.08. The molecule has 0 N–H and O–H groups in total. The number of carbonyl (C=O) groups is 2. The van der Waals surface area contributed by atoms with Crippen LogP contribution in [-0.4, -0.2) is 30.1 Å². The fraction of sp³-hybridized carbons (Fsp3) is 0.600. The van der Waals surface area contributed by atoms with Crippen molar-refractivity contribution in [2.24, 2.45) is 0 Å². The summed E-state index contributed by atoms with van der Waals surface area (Å²) in [4.78, 5) is 24.4. The molecule has 1 heterocycles. The predicted octanol–water partition coefficient (Wildman–Crippen LogP) is 4.07. The summed E-state index contributed by atoms with van der Waals surface area (Å²) in [6, 6.07) is 3.80. The van der Waals surface area contributed by atoms with Crippen LogP contribution in [0.3, 0.4) is 0 Å². The van der Waals surface area contributed by atoms with Crippen molar-refractivity contribution in [3.8, 4) is 0 Å². The minimum absolute atomic E-state index is 0.0127. The van der Waals surface area contributed by atoms with Crippen molar-refractivity contribution in [2.45, 2.75) is 78.6 Å². The minimum atomic E-state index is -0.315. The monoisotopic (exact) mass is 332 g/mol. The predicted molar refractivity (Wildman–Crippen MR) is 93.3 cm³/mol. The fourth-order valence-electron chi connectivity index (χ4n) is 3.19. The minimum Gasteiger partial charge on any atom is -0.459 e. The first kappa shape index (κ1) is 18.7. The summed E-state index contributed by atoms with van der Waals surface area (Å²) in [5.74, 6) is -0.328. The third-order valence-electron chi connectivity index (χ3n) is 4.88. The highest BCUT2D eigenvalue weighted by atomic mass is 16.6. The van der Waals surface area contributed by atoms with Crippen LogP contribution in [0, 0.1) is 20.8 Å². The zero-order valence-corrected chi connectivity index (χ0v) is 15.3. The molecule has 3 unspecified atom stereocenters. The number of rotatable bonds is 6. The van der Waals surface area contributed by atoms with Gasteiger partial charge in [-0.1, -0.05) is 6.92 Å². The number of benzene rings is 1. The van der Waals surface area contributed by atoms with E-state index in [9.17, 15) is 9.59 Å². The van der Waals surface area contributed by atoms with Crippen molar-refractivity contribution in [2.75, 3.05) is 0 Å². The molecule has 1 aromatic rings. The molecule has 0 saturated carbocycles. The molecule has 24 heavy (non-hydrogen) atoms. The van der Waals surface area contributed by atoms with Crippen molar-refractivity contribution < 1.29 is 19.1 Å². The second kappa shape index (κ2) is 7.93. The van der Waals surface area contributed by atoms with E-state index in [1.54, 1.807) is 0 Å². The zero-order valence-electron chi connectivity index (χ0n) is 15.3. The topological polar surface area (TPSA) is 52.6 Å². The van der Waals surface area contributed by atoms with E-state index in [0.29, 0.717) is 5.56 Å². The smallest absolute Gasteiger partial charge is 0.306 e. The largest absolute Gasteiger partial charge is 0.459 e. The van der Waals surface area contributed by atoms with Crippen molar-refractivity contribution in [1.82, 2.24) is 0 Å². The van der Waals surface area contributed by atoms with Crippen molar-refractivity contribution in [1.29, 1.82) is 0 Å². The van der Waals surface area contributed by atoms with Gasteiger partial charge < -0.3 is 9.47 Å². The van der Waals surface area contributed by atoms with Gasteiger partial charge in [0.2, 0.25) is 0 Å². The molecule has 0 aromatic heterocycles. The molecule has 3 atom stereocenters. The van der Waals surface area contributed by atoms with Gasteiger partial charge >= 0.3 is 5.97 Å². The van der Waals surface area contributed by atoms with E-state index in [0.717, 1.165) is 24.0 Å². The summed E-state index contributed by atoms with van der Waals surface area (Å²) in [6.07, 6.45) is 1.76. The Balaban J connectivity index is 1.88. The van der Waals surface area contributed by atoms with Gasteiger partial charge in [-0.3, -0.25) is 9.59 Å². The van der Waals surface area contributed by atoms with E-state index >= 15 is 0 Å².